The van der Waals surface area contributed by atoms with Crippen LogP contribution in [-0.4, -0.2) is 72.5 Å². The van der Waals surface area contributed by atoms with Crippen molar-refractivity contribution in [1.82, 2.24) is 15.5 Å². The normalized spacial score (nSPS) is 14.7. The molecule has 2 N–H and O–H groups in total. The molecule has 0 aliphatic carbocycles. The fraction of sp³-hybridized carbons (Fsp3) is 0.394. The van der Waals surface area contributed by atoms with Crippen LogP contribution in [0.5, 0.6) is 5.75 Å². The van der Waals surface area contributed by atoms with E-state index < -0.39 is 28.9 Å². The predicted octanol–water partition coefficient (Wildman–Crippen LogP) is 6.22. The van der Waals surface area contributed by atoms with E-state index in [9.17, 15) is 19.1 Å². The van der Waals surface area contributed by atoms with Crippen molar-refractivity contribution in [2.24, 2.45) is 0 Å². The smallest absolute Gasteiger partial charge is 0.407 e. The molecule has 0 radical (unpaired) electrons. The van der Waals surface area contributed by atoms with Crippen LogP contribution in [0.1, 0.15) is 39.2 Å². The summed E-state index contributed by atoms with van der Waals surface area (Å²) in [4.78, 5) is 24.0. The minimum Gasteiger partial charge on any atom is -0.490 e. The first-order valence-corrected chi connectivity index (χ1v) is 15.6. The number of carboxylic acids is 1. The Bertz CT molecular complexity index is 1650. The summed E-state index contributed by atoms with van der Waals surface area (Å²) in [7, 11) is 0. The summed E-state index contributed by atoms with van der Waals surface area (Å²) in [5, 5.41) is 24.6. The highest BCUT2D eigenvalue weighted by Crippen LogP contribution is 2.40. The van der Waals surface area contributed by atoms with Crippen molar-refractivity contribution in [3.63, 3.8) is 0 Å². The number of carbonyl (C=O) groups is 2. The van der Waals surface area contributed by atoms with Gasteiger partial charge in [0.2, 0.25) is 0 Å². The number of hydrogen-bond acceptors (Lipinski definition) is 9. The summed E-state index contributed by atoms with van der Waals surface area (Å²) in [6, 6.07) is 13.7. The molecule has 238 valence electrons. The maximum atomic E-state index is 14.3. The maximum Gasteiger partial charge on any atom is 0.407 e. The highest BCUT2D eigenvalue weighted by molar-refractivity contribution is 7.17. The second-order valence-corrected chi connectivity index (χ2v) is 12.6. The van der Waals surface area contributed by atoms with Gasteiger partial charge in [0.25, 0.3) is 0 Å². The van der Waals surface area contributed by atoms with Gasteiger partial charge in [-0.3, -0.25) is 4.79 Å². The Hall–Kier alpha value is -4.13. The molecular weight excluding hydrogens is 601 g/mol. The first-order chi connectivity index (χ1) is 21.6. The second-order valence-electron chi connectivity index (χ2n) is 11.7. The molecular formula is C33H36FN3O7S. The molecule has 4 aromatic rings. The molecule has 2 aromatic carbocycles. The molecule has 3 heterocycles. The second kappa shape index (κ2) is 13.9. The number of aliphatic carboxylic acids is 1. The molecule has 1 amide bonds. The molecule has 0 saturated carbocycles. The SMILES string of the molecule is CC(C)(C)OC(=O)NCCOCCOc1cc(F)ccc1-c1nnc(-c2ccc(C3(C(=O)O)CCOCC3)cc2)c2ccsc12. The zero-order valence-corrected chi connectivity index (χ0v) is 26.2. The van der Waals surface area contributed by atoms with Crippen LogP contribution in [0.2, 0.25) is 0 Å². The number of rotatable bonds is 11. The van der Waals surface area contributed by atoms with Gasteiger partial charge in [-0.05, 0) is 62.8 Å². The summed E-state index contributed by atoms with van der Waals surface area (Å²) in [5.74, 6) is -0.990. The minimum atomic E-state index is -0.967. The summed E-state index contributed by atoms with van der Waals surface area (Å²) in [6.07, 6.45) is 0.326. The Balaban J connectivity index is 1.29. The van der Waals surface area contributed by atoms with Crippen LogP contribution in [0.3, 0.4) is 0 Å². The summed E-state index contributed by atoms with van der Waals surface area (Å²) in [5.41, 5.74) is 1.82. The van der Waals surface area contributed by atoms with Gasteiger partial charge in [-0.15, -0.1) is 21.5 Å². The van der Waals surface area contributed by atoms with Crippen molar-refractivity contribution in [2.75, 3.05) is 39.6 Å². The van der Waals surface area contributed by atoms with Crippen LogP contribution < -0.4 is 10.1 Å². The van der Waals surface area contributed by atoms with Crippen LogP contribution in [0, 0.1) is 5.82 Å². The third-order valence-electron chi connectivity index (χ3n) is 7.45. The Labute approximate surface area is 264 Å². The van der Waals surface area contributed by atoms with Crippen molar-refractivity contribution in [3.8, 4) is 28.3 Å². The molecule has 45 heavy (non-hydrogen) atoms. The molecule has 0 unspecified atom stereocenters. The van der Waals surface area contributed by atoms with E-state index >= 15 is 0 Å². The molecule has 1 aliphatic heterocycles. The van der Waals surface area contributed by atoms with Crippen molar-refractivity contribution in [2.45, 2.75) is 44.6 Å². The van der Waals surface area contributed by atoms with Gasteiger partial charge in [0, 0.05) is 42.3 Å². The summed E-state index contributed by atoms with van der Waals surface area (Å²) < 4.78 is 37.2. The molecule has 5 rings (SSSR count). The lowest BCUT2D eigenvalue weighted by molar-refractivity contribution is -0.147. The third-order valence-corrected chi connectivity index (χ3v) is 8.37. The first kappa shape index (κ1) is 32.3. The summed E-state index contributed by atoms with van der Waals surface area (Å²) >= 11 is 1.49. The number of amides is 1. The monoisotopic (exact) mass is 637 g/mol. The minimum absolute atomic E-state index is 0.151. The average molecular weight is 638 g/mol. The topological polar surface area (TPSA) is 129 Å². The number of thiophene rings is 1. The number of alkyl carbamates (subject to hydrolysis) is 1. The number of halogens is 1. The number of carboxylic acid groups (broad SMARTS) is 1. The number of hydrogen-bond donors (Lipinski definition) is 2. The van der Waals surface area contributed by atoms with E-state index in [0.717, 1.165) is 21.2 Å². The van der Waals surface area contributed by atoms with Crippen LogP contribution in [-0.2, 0) is 24.4 Å². The lowest BCUT2D eigenvalue weighted by atomic mass is 9.74. The predicted molar refractivity (Wildman–Crippen MR) is 168 cm³/mol. The number of nitrogens with one attached hydrogen (secondary N) is 1. The third kappa shape index (κ3) is 7.58. The van der Waals surface area contributed by atoms with Crippen LogP contribution in [0.25, 0.3) is 32.6 Å². The maximum absolute atomic E-state index is 14.3. The van der Waals surface area contributed by atoms with E-state index in [4.69, 9.17) is 18.9 Å². The van der Waals surface area contributed by atoms with Crippen LogP contribution in [0.15, 0.2) is 53.9 Å². The zero-order valence-electron chi connectivity index (χ0n) is 25.4. The van der Waals surface area contributed by atoms with Crippen LogP contribution in [0.4, 0.5) is 9.18 Å². The largest absolute Gasteiger partial charge is 0.490 e. The van der Waals surface area contributed by atoms with Gasteiger partial charge in [0.15, 0.2) is 0 Å². The molecule has 1 aliphatic rings. The van der Waals surface area contributed by atoms with E-state index in [0.29, 0.717) is 48.8 Å². The molecule has 1 fully saturated rings. The van der Waals surface area contributed by atoms with E-state index in [1.54, 1.807) is 26.8 Å². The van der Waals surface area contributed by atoms with Crippen molar-refractivity contribution in [3.05, 3.63) is 65.3 Å². The Morgan fingerprint density at radius 2 is 1.76 bits per heavy atom. The quantitative estimate of drug-likeness (QED) is 0.184. The van der Waals surface area contributed by atoms with E-state index in [1.165, 1.54) is 23.5 Å². The molecule has 10 nitrogen and oxygen atoms in total. The lowest BCUT2D eigenvalue weighted by Gasteiger charge is -2.33. The van der Waals surface area contributed by atoms with Crippen molar-refractivity contribution < 1.29 is 38.0 Å². The highest BCUT2D eigenvalue weighted by Gasteiger charge is 2.41. The molecule has 1 saturated heterocycles. The zero-order chi connectivity index (χ0) is 32.0. The number of benzene rings is 2. The Kier molecular flexibility index (Phi) is 9.96. The number of aromatic nitrogens is 2. The van der Waals surface area contributed by atoms with E-state index in [1.807, 2.05) is 35.7 Å². The number of ether oxygens (including phenoxy) is 4. The Morgan fingerprint density at radius 3 is 2.47 bits per heavy atom. The number of fused-ring (bicyclic) bond motifs is 1. The molecule has 12 heteroatoms. The number of carbonyl (C=O) groups excluding carboxylic acids is 1. The van der Waals surface area contributed by atoms with Crippen molar-refractivity contribution in [1.29, 1.82) is 0 Å². The van der Waals surface area contributed by atoms with Gasteiger partial charge >= 0.3 is 12.1 Å². The Morgan fingerprint density at radius 1 is 1.02 bits per heavy atom. The van der Waals surface area contributed by atoms with Gasteiger partial charge in [-0.1, -0.05) is 24.3 Å². The molecule has 0 bridgehead atoms. The summed E-state index contributed by atoms with van der Waals surface area (Å²) in [6.45, 7) is 7.08. The first-order valence-electron chi connectivity index (χ1n) is 14.7. The highest BCUT2D eigenvalue weighted by atomic mass is 32.1. The standard InChI is InChI=1S/C33H36FN3O7S/c1-32(2,3)44-31(40)35-13-16-42-17-18-43-26-20-23(34)8-9-24(26)28-29-25(10-19-45-29)27(36-37-28)21-4-6-22(7-5-21)33(30(38)39)11-14-41-15-12-33/h4-10,19-20H,11-18H2,1-3H3,(H,35,40)(H,38,39). The van der Waals surface area contributed by atoms with Gasteiger partial charge in [0.1, 0.15) is 35.2 Å². The van der Waals surface area contributed by atoms with Gasteiger partial charge in [-0.25, -0.2) is 9.18 Å². The van der Waals surface area contributed by atoms with Crippen molar-refractivity contribution >= 4 is 33.5 Å². The van der Waals surface area contributed by atoms with Gasteiger partial charge < -0.3 is 29.4 Å². The van der Waals surface area contributed by atoms with Gasteiger partial charge in [-0.2, -0.15) is 0 Å². The van der Waals surface area contributed by atoms with Crippen LogP contribution >= 0.6 is 11.3 Å². The molecule has 2 aromatic heterocycles. The lowest BCUT2D eigenvalue weighted by Crippen LogP contribution is -2.41. The molecule has 0 atom stereocenters. The average Bonchev–Trinajstić information content (AvgIpc) is 3.50. The van der Waals surface area contributed by atoms with E-state index in [2.05, 4.69) is 15.5 Å². The fourth-order valence-electron chi connectivity index (χ4n) is 5.22. The van der Waals surface area contributed by atoms with E-state index in [-0.39, 0.29) is 26.4 Å². The number of nitrogens with zero attached hydrogens (tertiary/aromatic N) is 2. The fourth-order valence-corrected chi connectivity index (χ4v) is 6.12. The van der Waals surface area contributed by atoms with Gasteiger partial charge in [0.05, 0.1) is 23.3 Å². The molecule has 0 spiro atoms.